The number of hydrogen-bond donors (Lipinski definition) is 2. The molecule has 3 heterocycles. The molecular weight excluding hydrogens is 544 g/mol. The zero-order valence-electron chi connectivity index (χ0n) is 23.3. The minimum atomic E-state index is -0.701. The number of aryl methyl sites for hydroxylation is 2. The fourth-order valence-corrected chi connectivity index (χ4v) is 5.22. The summed E-state index contributed by atoms with van der Waals surface area (Å²) in [5.74, 6) is -1.13. The molecule has 42 heavy (non-hydrogen) atoms. The summed E-state index contributed by atoms with van der Waals surface area (Å²) in [6.45, 7) is 3.57. The fourth-order valence-electron chi connectivity index (χ4n) is 5.22. The number of rotatable bonds is 7. The summed E-state index contributed by atoms with van der Waals surface area (Å²) in [5.41, 5.74) is 2.11. The molecule has 5 aromatic rings. The number of nitrogens with zero attached hydrogens (tertiary/aromatic N) is 3. The van der Waals surface area contributed by atoms with Gasteiger partial charge in [-0.2, -0.15) is 5.10 Å². The van der Waals surface area contributed by atoms with Crippen LogP contribution in [-0.2, 0) is 5.54 Å². The van der Waals surface area contributed by atoms with Gasteiger partial charge in [-0.25, -0.2) is 13.3 Å². The van der Waals surface area contributed by atoms with Gasteiger partial charge in [0.1, 0.15) is 34.2 Å². The Hall–Kier alpha value is -5.06. The van der Waals surface area contributed by atoms with E-state index in [1.54, 1.807) is 38.2 Å². The molecule has 3 aromatic heterocycles. The van der Waals surface area contributed by atoms with Gasteiger partial charge in [-0.3, -0.25) is 9.59 Å². The highest BCUT2D eigenvalue weighted by Crippen LogP contribution is 2.46. The number of fused-ring (bicyclic) bond motifs is 1. The highest BCUT2D eigenvalue weighted by molar-refractivity contribution is 6.07. The highest BCUT2D eigenvalue weighted by Gasteiger charge is 2.48. The van der Waals surface area contributed by atoms with Crippen LogP contribution in [0.3, 0.4) is 0 Å². The molecular formula is C31H27F2N5O4. The topological polar surface area (TPSA) is 111 Å². The van der Waals surface area contributed by atoms with E-state index >= 15 is 4.39 Å². The molecule has 2 aromatic carbocycles. The van der Waals surface area contributed by atoms with Gasteiger partial charge in [-0.05, 0) is 80.3 Å². The van der Waals surface area contributed by atoms with Gasteiger partial charge in [-0.15, -0.1) is 0 Å². The molecule has 1 aliphatic rings. The summed E-state index contributed by atoms with van der Waals surface area (Å²) in [6, 6.07) is 12.0. The molecule has 9 nitrogen and oxygen atoms in total. The molecule has 0 radical (unpaired) electrons. The van der Waals surface area contributed by atoms with E-state index in [9.17, 15) is 14.0 Å². The third kappa shape index (κ3) is 4.47. The maximum absolute atomic E-state index is 16.5. The van der Waals surface area contributed by atoms with E-state index in [0.717, 1.165) is 0 Å². The summed E-state index contributed by atoms with van der Waals surface area (Å²) >= 11 is 0. The van der Waals surface area contributed by atoms with Crippen molar-refractivity contribution in [1.29, 1.82) is 0 Å². The second kappa shape index (κ2) is 10.1. The predicted octanol–water partition coefficient (Wildman–Crippen LogP) is 5.34. The quantitative estimate of drug-likeness (QED) is 0.273. The first-order valence-electron chi connectivity index (χ1n) is 13.3. The zero-order valence-corrected chi connectivity index (χ0v) is 23.3. The number of methoxy groups -OCH3 is 1. The minimum Gasteiger partial charge on any atom is -0.496 e. The van der Waals surface area contributed by atoms with Crippen LogP contribution < -0.4 is 15.4 Å². The van der Waals surface area contributed by atoms with Gasteiger partial charge in [0.05, 0.1) is 23.8 Å². The standard InChI is InChI=1S/C31H27F2N5O4/c1-16-13-23(41-4)22(29(39)35-31(10-11-31)24-14-17(2)42-37-24)15-21(16)20-9-12-38-28(26(20)33)25(30(40)34-3)27(36-38)18-5-7-19(32)8-6-18/h5-9,12-15H,10-11H2,1-4H3,(H,34,40)(H,35,39). The summed E-state index contributed by atoms with van der Waals surface area (Å²) in [5, 5.41) is 14.1. The van der Waals surface area contributed by atoms with Gasteiger partial charge in [0.15, 0.2) is 5.82 Å². The molecule has 11 heteroatoms. The van der Waals surface area contributed by atoms with Crippen LogP contribution in [-0.4, -0.2) is 40.7 Å². The van der Waals surface area contributed by atoms with Crippen molar-refractivity contribution in [3.63, 3.8) is 0 Å². The maximum atomic E-state index is 16.5. The molecule has 0 spiro atoms. The number of amides is 2. The zero-order chi connectivity index (χ0) is 29.8. The maximum Gasteiger partial charge on any atom is 0.255 e. The molecule has 2 N–H and O–H groups in total. The number of aromatic nitrogens is 3. The molecule has 2 amide bonds. The van der Waals surface area contributed by atoms with Gasteiger partial charge >= 0.3 is 0 Å². The van der Waals surface area contributed by atoms with Crippen molar-refractivity contribution in [2.75, 3.05) is 14.2 Å². The first-order chi connectivity index (χ1) is 20.2. The van der Waals surface area contributed by atoms with Crippen molar-refractivity contribution < 1.29 is 27.6 Å². The summed E-state index contributed by atoms with van der Waals surface area (Å²) in [6.07, 6.45) is 2.95. The third-order valence-corrected chi connectivity index (χ3v) is 7.61. The number of carbonyl (C=O) groups is 2. The normalized spacial score (nSPS) is 13.7. The van der Waals surface area contributed by atoms with Crippen LogP contribution in [0.1, 0.15) is 50.6 Å². The summed E-state index contributed by atoms with van der Waals surface area (Å²) in [4.78, 5) is 26.6. The highest BCUT2D eigenvalue weighted by atomic mass is 19.1. The van der Waals surface area contributed by atoms with Crippen LogP contribution in [0.5, 0.6) is 5.75 Å². The number of hydrogen-bond acceptors (Lipinski definition) is 6. The molecule has 0 atom stereocenters. The number of nitrogens with one attached hydrogen (secondary N) is 2. The largest absolute Gasteiger partial charge is 0.496 e. The predicted molar refractivity (Wildman–Crippen MR) is 150 cm³/mol. The Morgan fingerprint density at radius 2 is 1.76 bits per heavy atom. The molecule has 1 fully saturated rings. The van der Waals surface area contributed by atoms with Crippen LogP contribution in [0, 0.1) is 25.5 Å². The SMILES string of the molecule is CNC(=O)c1c(-c2ccc(F)cc2)nn2ccc(-c3cc(C(=O)NC4(c5cc(C)on5)CC4)c(OC)cc3C)c(F)c12. The molecule has 0 aliphatic heterocycles. The molecule has 0 saturated heterocycles. The van der Waals surface area contributed by atoms with Crippen molar-refractivity contribution in [3.8, 4) is 28.1 Å². The van der Waals surface area contributed by atoms with Crippen molar-refractivity contribution in [3.05, 3.63) is 94.5 Å². The first-order valence-corrected chi connectivity index (χ1v) is 13.3. The average molecular weight is 572 g/mol. The second-order valence-electron chi connectivity index (χ2n) is 10.4. The Labute approximate surface area is 239 Å². The number of benzene rings is 2. The monoisotopic (exact) mass is 571 g/mol. The Morgan fingerprint density at radius 1 is 1.02 bits per heavy atom. The number of carbonyl (C=O) groups excluding carboxylic acids is 2. The van der Waals surface area contributed by atoms with Crippen LogP contribution in [0.4, 0.5) is 8.78 Å². The summed E-state index contributed by atoms with van der Waals surface area (Å²) in [7, 11) is 2.90. The van der Waals surface area contributed by atoms with E-state index in [2.05, 4.69) is 20.9 Å². The summed E-state index contributed by atoms with van der Waals surface area (Å²) < 4.78 is 42.1. The third-order valence-electron chi connectivity index (χ3n) is 7.61. The van der Waals surface area contributed by atoms with Crippen LogP contribution in [0.15, 0.2) is 59.3 Å². The van der Waals surface area contributed by atoms with Gasteiger partial charge < -0.3 is 19.9 Å². The van der Waals surface area contributed by atoms with Crippen LogP contribution in [0.25, 0.3) is 27.9 Å². The van der Waals surface area contributed by atoms with Crippen molar-refractivity contribution >= 4 is 17.3 Å². The van der Waals surface area contributed by atoms with E-state index in [1.807, 2.05) is 0 Å². The van der Waals surface area contributed by atoms with E-state index < -0.39 is 29.0 Å². The Balaban J connectivity index is 1.47. The second-order valence-corrected chi connectivity index (χ2v) is 10.4. The fraction of sp³-hybridized carbons (Fsp3) is 0.226. The smallest absolute Gasteiger partial charge is 0.255 e. The average Bonchev–Trinajstić information content (AvgIpc) is 3.43. The molecule has 1 aliphatic carbocycles. The van der Waals surface area contributed by atoms with Gasteiger partial charge in [0.25, 0.3) is 11.8 Å². The Kier molecular flexibility index (Phi) is 6.52. The van der Waals surface area contributed by atoms with Gasteiger partial charge in [-0.1, -0.05) is 5.16 Å². The minimum absolute atomic E-state index is 0.00571. The lowest BCUT2D eigenvalue weighted by atomic mass is 9.95. The number of ether oxygens (including phenoxy) is 1. The lowest BCUT2D eigenvalue weighted by Crippen LogP contribution is -2.35. The number of pyridine rings is 1. The van der Waals surface area contributed by atoms with Crippen LogP contribution >= 0.6 is 0 Å². The molecule has 6 rings (SSSR count). The van der Waals surface area contributed by atoms with Gasteiger partial charge in [0.2, 0.25) is 0 Å². The van der Waals surface area contributed by atoms with E-state index in [1.165, 1.54) is 49.0 Å². The Morgan fingerprint density at radius 3 is 2.38 bits per heavy atom. The molecule has 0 unspecified atom stereocenters. The van der Waals surface area contributed by atoms with E-state index in [-0.39, 0.29) is 27.9 Å². The van der Waals surface area contributed by atoms with Crippen LogP contribution in [0.2, 0.25) is 0 Å². The van der Waals surface area contributed by atoms with Crippen molar-refractivity contribution in [1.82, 2.24) is 25.4 Å². The molecule has 0 bridgehead atoms. The lowest BCUT2D eigenvalue weighted by Gasteiger charge is -2.18. The first kappa shape index (κ1) is 27.1. The molecule has 214 valence electrons. The van der Waals surface area contributed by atoms with Crippen molar-refractivity contribution in [2.45, 2.75) is 32.2 Å². The van der Waals surface area contributed by atoms with E-state index in [4.69, 9.17) is 9.26 Å². The Bertz CT molecular complexity index is 1870. The van der Waals surface area contributed by atoms with E-state index in [0.29, 0.717) is 46.7 Å². The molecule has 1 saturated carbocycles. The van der Waals surface area contributed by atoms with Crippen molar-refractivity contribution in [2.24, 2.45) is 0 Å². The lowest BCUT2D eigenvalue weighted by molar-refractivity contribution is 0.0924. The van der Waals surface area contributed by atoms with Gasteiger partial charge in [0, 0.05) is 30.4 Å². The number of halogens is 2.